The quantitative estimate of drug-likeness (QED) is 0.332. The largest absolute Gasteiger partial charge is 0.494 e. The van der Waals surface area contributed by atoms with E-state index in [9.17, 15) is 22.4 Å². The summed E-state index contributed by atoms with van der Waals surface area (Å²) in [7, 11) is 0. The number of urea groups is 1. The Morgan fingerprint density at radius 2 is 1.77 bits per heavy atom. The lowest BCUT2D eigenvalue weighted by atomic mass is 10.0. The first-order valence-corrected chi connectivity index (χ1v) is 12.7. The maximum atomic E-state index is 14.8. The first-order chi connectivity index (χ1) is 18.7. The maximum Gasteiger partial charge on any atom is 0.416 e. The van der Waals surface area contributed by atoms with Gasteiger partial charge in [-0.25, -0.2) is 19.2 Å². The van der Waals surface area contributed by atoms with Crippen molar-refractivity contribution >= 4 is 17.4 Å². The Morgan fingerprint density at radius 3 is 2.41 bits per heavy atom. The van der Waals surface area contributed by atoms with E-state index in [1.165, 1.54) is 12.4 Å². The molecule has 1 saturated heterocycles. The molecule has 0 spiro atoms. The normalized spacial score (nSPS) is 14.2. The molecule has 12 heteroatoms. The Kier molecular flexibility index (Phi) is 8.97. The molecule has 0 unspecified atom stereocenters. The molecule has 208 valence electrons. The van der Waals surface area contributed by atoms with Gasteiger partial charge in [0, 0.05) is 38.3 Å². The zero-order valence-electron chi connectivity index (χ0n) is 21.7. The number of alkyl halides is 3. The molecule has 2 heterocycles. The molecule has 2 amide bonds. The summed E-state index contributed by atoms with van der Waals surface area (Å²) in [5, 5.41) is 7.71. The molecule has 3 N–H and O–H groups in total. The molecule has 0 saturated carbocycles. The number of piperazine rings is 1. The summed E-state index contributed by atoms with van der Waals surface area (Å²) >= 11 is 0. The van der Waals surface area contributed by atoms with Crippen molar-refractivity contribution in [2.75, 3.05) is 43.4 Å². The number of ether oxygens (including phenoxy) is 1. The smallest absolute Gasteiger partial charge is 0.416 e. The van der Waals surface area contributed by atoms with E-state index >= 15 is 0 Å². The third-order valence-corrected chi connectivity index (χ3v) is 6.27. The van der Waals surface area contributed by atoms with Crippen LogP contribution in [0.1, 0.15) is 30.5 Å². The van der Waals surface area contributed by atoms with Gasteiger partial charge in [-0.1, -0.05) is 19.1 Å². The SMILES string of the molecule is CCOc1cc(-c2ncc(NC(=O)Nc3cc(C(F)(F)F)c(CN4CCNCC4)cc3F)cn2)ccc1CC. The highest BCUT2D eigenvalue weighted by atomic mass is 19.4. The van der Waals surface area contributed by atoms with Crippen molar-refractivity contribution in [2.24, 2.45) is 0 Å². The van der Waals surface area contributed by atoms with Crippen LogP contribution in [0.4, 0.5) is 33.7 Å². The van der Waals surface area contributed by atoms with E-state index < -0.39 is 29.3 Å². The number of hydrogen-bond acceptors (Lipinski definition) is 6. The minimum atomic E-state index is -4.72. The number of carbonyl (C=O) groups is 1. The molecule has 0 atom stereocenters. The van der Waals surface area contributed by atoms with Crippen molar-refractivity contribution in [1.29, 1.82) is 0 Å². The minimum absolute atomic E-state index is 0.0448. The van der Waals surface area contributed by atoms with E-state index in [0.29, 0.717) is 50.2 Å². The van der Waals surface area contributed by atoms with Crippen LogP contribution in [0.15, 0.2) is 42.7 Å². The van der Waals surface area contributed by atoms with E-state index in [1.807, 2.05) is 36.9 Å². The third kappa shape index (κ3) is 7.21. The minimum Gasteiger partial charge on any atom is -0.494 e. The Bertz CT molecular complexity index is 1290. The van der Waals surface area contributed by atoms with Crippen LogP contribution in [0, 0.1) is 5.82 Å². The zero-order valence-corrected chi connectivity index (χ0v) is 21.7. The second-order valence-corrected chi connectivity index (χ2v) is 9.00. The number of anilines is 2. The summed E-state index contributed by atoms with van der Waals surface area (Å²) in [5.41, 5.74) is 0.184. The number of benzene rings is 2. The van der Waals surface area contributed by atoms with Gasteiger partial charge in [-0.15, -0.1) is 0 Å². The average molecular weight is 547 g/mol. The standard InChI is InChI=1S/C27H30F4N6O2/c1-3-17-5-6-18(12-24(17)39-4-2)25-33-14-20(15-34-25)35-26(38)36-23-13-21(27(29,30)31)19(11-22(23)28)16-37-9-7-32-8-10-37/h5-6,11-15,32H,3-4,7-10,16H2,1-2H3,(H2,35,36,38). The van der Waals surface area contributed by atoms with Gasteiger partial charge in [-0.2, -0.15) is 13.2 Å². The highest BCUT2D eigenvalue weighted by molar-refractivity contribution is 5.99. The summed E-state index contributed by atoms with van der Waals surface area (Å²) < 4.78 is 61.8. The van der Waals surface area contributed by atoms with Gasteiger partial charge in [0.1, 0.15) is 11.6 Å². The van der Waals surface area contributed by atoms with Crippen LogP contribution in [0.25, 0.3) is 11.4 Å². The molecule has 1 aromatic heterocycles. The van der Waals surface area contributed by atoms with Crippen LogP contribution in [0.3, 0.4) is 0 Å². The molecule has 0 radical (unpaired) electrons. The van der Waals surface area contributed by atoms with E-state index in [0.717, 1.165) is 23.8 Å². The fraction of sp³-hybridized carbons (Fsp3) is 0.370. The van der Waals surface area contributed by atoms with Crippen LogP contribution in [0.2, 0.25) is 0 Å². The van der Waals surface area contributed by atoms with E-state index in [-0.39, 0.29) is 17.8 Å². The van der Waals surface area contributed by atoms with Crippen LogP contribution in [0.5, 0.6) is 5.75 Å². The Labute approximate surface area is 223 Å². The summed E-state index contributed by atoms with van der Waals surface area (Å²) in [6.07, 6.45) is -1.21. The number of amides is 2. The van der Waals surface area contributed by atoms with Crippen LogP contribution in [-0.2, 0) is 19.1 Å². The molecule has 8 nitrogen and oxygen atoms in total. The van der Waals surface area contributed by atoms with Gasteiger partial charge in [-0.3, -0.25) is 4.90 Å². The number of aromatic nitrogens is 2. The number of rotatable bonds is 8. The molecule has 0 aliphatic carbocycles. The molecule has 39 heavy (non-hydrogen) atoms. The maximum absolute atomic E-state index is 14.8. The lowest BCUT2D eigenvalue weighted by Crippen LogP contribution is -2.43. The van der Waals surface area contributed by atoms with Crippen LogP contribution in [-0.4, -0.2) is 53.7 Å². The molecule has 1 aliphatic heterocycles. The van der Waals surface area contributed by atoms with E-state index in [1.54, 1.807) is 0 Å². The first-order valence-electron chi connectivity index (χ1n) is 12.7. The summed E-state index contributed by atoms with van der Waals surface area (Å²) in [5.74, 6) is 0.169. The first kappa shape index (κ1) is 28.2. The third-order valence-electron chi connectivity index (χ3n) is 6.27. The monoisotopic (exact) mass is 546 g/mol. The van der Waals surface area contributed by atoms with E-state index in [4.69, 9.17) is 4.74 Å². The second-order valence-electron chi connectivity index (χ2n) is 9.00. The highest BCUT2D eigenvalue weighted by Crippen LogP contribution is 2.36. The molecule has 4 rings (SSSR count). The van der Waals surface area contributed by atoms with Gasteiger partial charge in [-0.05, 0) is 42.7 Å². The molecule has 3 aromatic rings. The molecule has 1 fully saturated rings. The highest BCUT2D eigenvalue weighted by Gasteiger charge is 2.35. The van der Waals surface area contributed by atoms with Crippen molar-refractivity contribution in [1.82, 2.24) is 20.2 Å². The van der Waals surface area contributed by atoms with Crippen molar-refractivity contribution < 1.29 is 27.1 Å². The van der Waals surface area contributed by atoms with Gasteiger partial charge in [0.25, 0.3) is 0 Å². The van der Waals surface area contributed by atoms with Gasteiger partial charge >= 0.3 is 12.2 Å². The van der Waals surface area contributed by atoms with Crippen molar-refractivity contribution in [3.8, 4) is 17.1 Å². The lowest BCUT2D eigenvalue weighted by molar-refractivity contribution is -0.138. The van der Waals surface area contributed by atoms with Crippen LogP contribution < -0.4 is 20.7 Å². The van der Waals surface area contributed by atoms with Gasteiger partial charge in [0.05, 0.1) is 35.9 Å². The summed E-state index contributed by atoms with van der Waals surface area (Å²) in [4.78, 5) is 22.8. The van der Waals surface area contributed by atoms with Gasteiger partial charge < -0.3 is 20.7 Å². The average Bonchev–Trinajstić information content (AvgIpc) is 2.90. The second kappa shape index (κ2) is 12.4. The number of halogens is 4. The Morgan fingerprint density at radius 1 is 1.05 bits per heavy atom. The molecule has 0 bridgehead atoms. The van der Waals surface area contributed by atoms with Crippen molar-refractivity contribution in [2.45, 2.75) is 33.0 Å². The van der Waals surface area contributed by atoms with Crippen molar-refractivity contribution in [3.63, 3.8) is 0 Å². The number of hydrogen-bond donors (Lipinski definition) is 3. The molecule has 2 aromatic carbocycles. The van der Waals surface area contributed by atoms with Gasteiger partial charge in [0.2, 0.25) is 0 Å². The van der Waals surface area contributed by atoms with Crippen LogP contribution >= 0.6 is 0 Å². The Hall–Kier alpha value is -3.77. The van der Waals surface area contributed by atoms with Crippen molar-refractivity contribution in [3.05, 3.63) is 65.2 Å². The molecular formula is C27H30F4N6O2. The lowest BCUT2D eigenvalue weighted by Gasteiger charge is -2.28. The fourth-order valence-corrected chi connectivity index (χ4v) is 4.32. The Balaban J connectivity index is 1.46. The molecule has 1 aliphatic rings. The van der Waals surface area contributed by atoms with E-state index in [2.05, 4.69) is 25.9 Å². The predicted molar refractivity (Wildman–Crippen MR) is 140 cm³/mol. The zero-order chi connectivity index (χ0) is 28.0. The number of carbonyl (C=O) groups excluding carboxylic acids is 1. The molecular weight excluding hydrogens is 516 g/mol. The van der Waals surface area contributed by atoms with Gasteiger partial charge in [0.15, 0.2) is 5.82 Å². The fourth-order valence-electron chi connectivity index (χ4n) is 4.32. The number of nitrogens with zero attached hydrogens (tertiary/aromatic N) is 3. The summed E-state index contributed by atoms with van der Waals surface area (Å²) in [6.45, 7) is 6.79. The summed E-state index contributed by atoms with van der Waals surface area (Å²) in [6, 6.07) is 6.16. The number of nitrogens with one attached hydrogen (secondary N) is 3. The number of aryl methyl sites for hydroxylation is 1. The topological polar surface area (TPSA) is 91.4 Å². The predicted octanol–water partition coefficient (Wildman–Crippen LogP) is 5.31.